The highest BCUT2D eigenvalue weighted by Gasteiger charge is 2.08. The molecule has 0 fully saturated rings. The van der Waals surface area contributed by atoms with E-state index >= 15 is 0 Å². The summed E-state index contributed by atoms with van der Waals surface area (Å²) in [6, 6.07) is 7.18. The fourth-order valence-corrected chi connectivity index (χ4v) is 1.70. The Bertz CT molecular complexity index is 290. The summed E-state index contributed by atoms with van der Waals surface area (Å²) >= 11 is 0. The summed E-state index contributed by atoms with van der Waals surface area (Å²) in [7, 11) is -2.09. The maximum absolute atomic E-state index is 11.5. The highest BCUT2D eigenvalue weighted by molar-refractivity contribution is 7.70. The van der Waals surface area contributed by atoms with E-state index in [2.05, 4.69) is 0 Å². The Balaban J connectivity index is 0.00000121. The number of benzene rings is 1. The first-order chi connectivity index (χ1) is 5.00. The van der Waals surface area contributed by atoms with Gasteiger partial charge in [-0.05, 0) is 37.6 Å². The first kappa shape index (κ1) is 11.5. The van der Waals surface area contributed by atoms with E-state index in [4.69, 9.17) is 5.73 Å². The molecule has 0 aliphatic carbocycles. The van der Waals surface area contributed by atoms with Gasteiger partial charge in [0.2, 0.25) is 0 Å². The molecule has 1 rings (SSSR count). The van der Waals surface area contributed by atoms with Crippen molar-refractivity contribution in [2.24, 2.45) is 0 Å². The predicted octanol–water partition coefficient (Wildman–Crippen LogP) is 1.94. The molecule has 0 amide bonds. The highest BCUT2D eigenvalue weighted by atomic mass is 35.5. The molecule has 0 bridgehead atoms. The molecule has 2 N–H and O–H groups in total. The van der Waals surface area contributed by atoms with Crippen LogP contribution >= 0.6 is 19.5 Å². The van der Waals surface area contributed by atoms with Crippen molar-refractivity contribution in [3.05, 3.63) is 24.3 Å². The van der Waals surface area contributed by atoms with Gasteiger partial charge in [-0.1, -0.05) is 0 Å². The Morgan fingerprint density at radius 3 is 1.92 bits per heavy atom. The van der Waals surface area contributed by atoms with Crippen LogP contribution in [-0.2, 0) is 4.57 Å². The minimum absolute atomic E-state index is 0. The van der Waals surface area contributed by atoms with Crippen LogP contribution in [0, 0.1) is 0 Å². The Hall–Kier alpha value is -0.460. The van der Waals surface area contributed by atoms with Crippen molar-refractivity contribution in [2.45, 2.75) is 0 Å². The molecule has 0 unspecified atom stereocenters. The lowest BCUT2D eigenvalue weighted by molar-refractivity contribution is 0.588. The summed E-state index contributed by atoms with van der Waals surface area (Å²) in [5, 5.41) is 0.881. The second kappa shape index (κ2) is 3.97. The standard InChI is InChI=1S/C8H12NOP.ClH/c1-11(2,10)8-5-3-7(9)4-6-8;/h3-6H,9H2,1-2H3;1H. The Morgan fingerprint density at radius 1 is 1.17 bits per heavy atom. The zero-order valence-corrected chi connectivity index (χ0v) is 8.86. The third kappa shape index (κ3) is 2.88. The zero-order valence-electron chi connectivity index (χ0n) is 7.15. The normalized spacial score (nSPS) is 10.5. The number of rotatable bonds is 1. The van der Waals surface area contributed by atoms with Crippen LogP contribution in [0.2, 0.25) is 0 Å². The van der Waals surface area contributed by atoms with Crippen molar-refractivity contribution in [2.75, 3.05) is 19.1 Å². The van der Waals surface area contributed by atoms with Gasteiger partial charge in [-0.3, -0.25) is 0 Å². The van der Waals surface area contributed by atoms with Crippen LogP contribution in [-0.4, -0.2) is 13.3 Å². The van der Waals surface area contributed by atoms with Gasteiger partial charge in [0.15, 0.2) is 0 Å². The molecule has 4 heteroatoms. The van der Waals surface area contributed by atoms with E-state index in [1.165, 1.54) is 0 Å². The van der Waals surface area contributed by atoms with Crippen molar-refractivity contribution >= 4 is 30.5 Å². The molecule has 2 nitrogen and oxygen atoms in total. The van der Waals surface area contributed by atoms with Gasteiger partial charge in [-0.2, -0.15) is 0 Å². The van der Waals surface area contributed by atoms with Crippen LogP contribution < -0.4 is 11.0 Å². The highest BCUT2D eigenvalue weighted by Crippen LogP contribution is 2.34. The van der Waals surface area contributed by atoms with Crippen molar-refractivity contribution in [1.82, 2.24) is 0 Å². The average Bonchev–Trinajstić information content (AvgIpc) is 1.86. The molecule has 68 valence electrons. The predicted molar refractivity (Wildman–Crippen MR) is 57.2 cm³/mol. The monoisotopic (exact) mass is 205 g/mol. The largest absolute Gasteiger partial charge is 0.399 e. The van der Waals surface area contributed by atoms with E-state index in [1.54, 1.807) is 25.5 Å². The maximum Gasteiger partial charge on any atom is 0.109 e. The average molecular weight is 206 g/mol. The molecule has 0 atom stereocenters. The van der Waals surface area contributed by atoms with E-state index in [0.29, 0.717) is 5.69 Å². The lowest BCUT2D eigenvalue weighted by Crippen LogP contribution is -2.01. The Labute approximate surface area is 78.9 Å². The van der Waals surface area contributed by atoms with E-state index in [9.17, 15) is 4.57 Å². The van der Waals surface area contributed by atoms with Gasteiger partial charge in [0.05, 0.1) is 0 Å². The molecule has 1 aromatic rings. The van der Waals surface area contributed by atoms with Gasteiger partial charge < -0.3 is 10.3 Å². The lowest BCUT2D eigenvalue weighted by atomic mass is 10.3. The van der Waals surface area contributed by atoms with Crippen LogP contribution in [0.4, 0.5) is 5.69 Å². The Morgan fingerprint density at radius 2 is 1.58 bits per heavy atom. The minimum atomic E-state index is -2.09. The van der Waals surface area contributed by atoms with Gasteiger partial charge in [-0.15, -0.1) is 12.4 Å². The number of halogens is 1. The molecule has 0 radical (unpaired) electrons. The van der Waals surface area contributed by atoms with E-state index < -0.39 is 7.14 Å². The summed E-state index contributed by atoms with van der Waals surface area (Å²) in [5.74, 6) is 0. The number of nitrogen functional groups attached to an aromatic ring is 1. The number of nitrogens with two attached hydrogens (primary N) is 1. The van der Waals surface area contributed by atoms with Crippen molar-refractivity contribution < 1.29 is 4.57 Å². The van der Waals surface area contributed by atoms with Crippen LogP contribution in [0.25, 0.3) is 0 Å². The van der Waals surface area contributed by atoms with Gasteiger partial charge >= 0.3 is 0 Å². The topological polar surface area (TPSA) is 43.1 Å². The second-order valence-corrected chi connectivity index (χ2v) is 6.16. The number of hydrogen-bond donors (Lipinski definition) is 1. The summed E-state index contributed by atoms with van der Waals surface area (Å²) in [6.07, 6.45) is 0. The van der Waals surface area contributed by atoms with Crippen LogP contribution in [0.15, 0.2) is 24.3 Å². The van der Waals surface area contributed by atoms with Crippen molar-refractivity contribution in [3.63, 3.8) is 0 Å². The first-order valence-corrected chi connectivity index (χ1v) is 6.01. The van der Waals surface area contributed by atoms with E-state index in [0.717, 1.165) is 5.30 Å². The second-order valence-electron chi connectivity index (χ2n) is 2.94. The SMILES string of the molecule is CP(C)(=O)c1ccc(N)cc1.Cl. The first-order valence-electron chi connectivity index (χ1n) is 3.41. The van der Waals surface area contributed by atoms with Crippen LogP contribution in [0.3, 0.4) is 0 Å². The lowest BCUT2D eigenvalue weighted by Gasteiger charge is -2.05. The summed E-state index contributed by atoms with van der Waals surface area (Å²) in [5.41, 5.74) is 6.19. The van der Waals surface area contributed by atoms with Gasteiger partial charge in [0.25, 0.3) is 0 Å². The number of hydrogen-bond acceptors (Lipinski definition) is 2. The molecule has 0 aliphatic rings. The van der Waals surface area contributed by atoms with Gasteiger partial charge in [0.1, 0.15) is 7.14 Å². The smallest absolute Gasteiger partial charge is 0.109 e. The van der Waals surface area contributed by atoms with E-state index in [-0.39, 0.29) is 12.4 Å². The third-order valence-electron chi connectivity index (χ3n) is 1.51. The molecule has 0 spiro atoms. The summed E-state index contributed by atoms with van der Waals surface area (Å²) in [4.78, 5) is 0. The van der Waals surface area contributed by atoms with Gasteiger partial charge in [-0.25, -0.2) is 0 Å². The molecule has 0 heterocycles. The fraction of sp³-hybridized carbons (Fsp3) is 0.250. The molecular weight excluding hydrogens is 193 g/mol. The van der Waals surface area contributed by atoms with E-state index in [1.807, 2.05) is 12.1 Å². The van der Waals surface area contributed by atoms with Gasteiger partial charge in [0, 0.05) is 11.0 Å². The zero-order chi connectivity index (χ0) is 8.48. The minimum Gasteiger partial charge on any atom is -0.399 e. The molecule has 0 aromatic heterocycles. The molecule has 1 aromatic carbocycles. The summed E-state index contributed by atoms with van der Waals surface area (Å²) in [6.45, 7) is 3.50. The van der Waals surface area contributed by atoms with Crippen LogP contribution in [0.5, 0.6) is 0 Å². The van der Waals surface area contributed by atoms with Crippen LogP contribution in [0.1, 0.15) is 0 Å². The number of anilines is 1. The summed E-state index contributed by atoms with van der Waals surface area (Å²) < 4.78 is 11.5. The fourth-order valence-electron chi connectivity index (χ4n) is 0.833. The van der Waals surface area contributed by atoms with Crippen molar-refractivity contribution in [1.29, 1.82) is 0 Å². The van der Waals surface area contributed by atoms with Crippen molar-refractivity contribution in [3.8, 4) is 0 Å². The molecular formula is C8H13ClNOP. The molecule has 0 aliphatic heterocycles. The Kier molecular flexibility index (Phi) is 3.82. The molecule has 0 saturated heterocycles. The molecule has 0 saturated carbocycles. The third-order valence-corrected chi connectivity index (χ3v) is 3.06. The maximum atomic E-state index is 11.5. The quantitative estimate of drug-likeness (QED) is 0.563. The molecule has 12 heavy (non-hydrogen) atoms.